The van der Waals surface area contributed by atoms with Crippen molar-refractivity contribution in [3.63, 3.8) is 0 Å². The van der Waals surface area contributed by atoms with Gasteiger partial charge in [-0.3, -0.25) is 0 Å². The molecule has 1 heterocycles. The third kappa shape index (κ3) is 4.74. The normalized spacial score (nSPS) is 11.4. The van der Waals surface area contributed by atoms with E-state index in [1.807, 2.05) is 0 Å². The number of amides is 2. The number of fused-ring (bicyclic) bond motifs is 1. The second kappa shape index (κ2) is 7.98. The molecule has 0 unspecified atom stereocenters. The van der Waals surface area contributed by atoms with Crippen molar-refractivity contribution in [3.8, 4) is 11.5 Å². The molecular weight excluding hydrogens is 416 g/mol. The Balaban J connectivity index is 1.40. The Bertz CT molecular complexity index is 1240. The van der Waals surface area contributed by atoms with Crippen LogP contribution >= 0.6 is 0 Å². The van der Waals surface area contributed by atoms with Crippen LogP contribution in [0.2, 0.25) is 0 Å². The first kappa shape index (κ1) is 20.2. The third-order valence-corrected chi connectivity index (χ3v) is 4.23. The van der Waals surface area contributed by atoms with Gasteiger partial charge in [0, 0.05) is 11.8 Å². The molecule has 4 rings (SSSR count). The van der Waals surface area contributed by atoms with Crippen molar-refractivity contribution in [1.82, 2.24) is 9.97 Å². The molecule has 3 aromatic carbocycles. The van der Waals surface area contributed by atoms with Gasteiger partial charge < -0.3 is 20.4 Å². The van der Waals surface area contributed by atoms with Gasteiger partial charge in [-0.25, -0.2) is 14.2 Å². The molecular formula is C21H13F4N4O2. The Morgan fingerprint density at radius 2 is 1.71 bits per heavy atom. The SMILES string of the molecule is O=C(Nc1ccc(Oc2ccc3[nH][c]nc3c2)cc1)Nc1cc(C(F)(F)F)ccc1F. The average molecular weight is 429 g/mol. The van der Waals surface area contributed by atoms with Crippen LogP contribution in [0.3, 0.4) is 0 Å². The second-order valence-corrected chi connectivity index (χ2v) is 6.43. The van der Waals surface area contributed by atoms with Crippen molar-refractivity contribution in [2.75, 3.05) is 10.6 Å². The first-order valence-electron chi connectivity index (χ1n) is 8.86. The standard InChI is InChI=1S/C21H13F4N4O2/c22-16-7-1-12(21(23,24)25)9-18(16)29-20(30)28-13-2-4-14(5-3-13)31-15-6-8-17-19(10-15)27-11-26-17/h1-10H,(H,26,27)(H2,28,29,30). The van der Waals surface area contributed by atoms with Crippen LogP contribution in [0.4, 0.5) is 33.7 Å². The number of H-pyrrole nitrogens is 1. The summed E-state index contributed by atoms with van der Waals surface area (Å²) in [5.41, 5.74) is 0.175. The summed E-state index contributed by atoms with van der Waals surface area (Å²) in [6.07, 6.45) is -2.03. The zero-order chi connectivity index (χ0) is 22.0. The molecule has 2 amide bonds. The molecule has 0 saturated heterocycles. The fourth-order valence-electron chi connectivity index (χ4n) is 2.75. The molecule has 0 aliphatic heterocycles. The lowest BCUT2D eigenvalue weighted by Crippen LogP contribution is -2.20. The lowest BCUT2D eigenvalue weighted by Gasteiger charge is -2.12. The summed E-state index contributed by atoms with van der Waals surface area (Å²) in [6.45, 7) is 0. The zero-order valence-corrected chi connectivity index (χ0v) is 15.5. The summed E-state index contributed by atoms with van der Waals surface area (Å²) >= 11 is 0. The maximum atomic E-state index is 13.8. The monoisotopic (exact) mass is 429 g/mol. The maximum Gasteiger partial charge on any atom is 0.416 e. The molecule has 0 spiro atoms. The van der Waals surface area contributed by atoms with Crippen molar-refractivity contribution in [2.45, 2.75) is 6.18 Å². The van der Waals surface area contributed by atoms with Crippen molar-refractivity contribution in [1.29, 1.82) is 0 Å². The highest BCUT2D eigenvalue weighted by molar-refractivity contribution is 5.99. The van der Waals surface area contributed by atoms with Crippen LogP contribution in [0, 0.1) is 12.1 Å². The average Bonchev–Trinajstić information content (AvgIpc) is 3.18. The van der Waals surface area contributed by atoms with Crippen molar-refractivity contribution >= 4 is 28.4 Å². The summed E-state index contributed by atoms with van der Waals surface area (Å²) in [5, 5.41) is 4.49. The summed E-state index contributed by atoms with van der Waals surface area (Å²) in [4.78, 5) is 18.9. The molecule has 0 aliphatic rings. The van der Waals surface area contributed by atoms with Gasteiger partial charge in [-0.15, -0.1) is 0 Å². The van der Waals surface area contributed by atoms with Gasteiger partial charge in [-0.1, -0.05) is 0 Å². The number of benzene rings is 3. The number of alkyl halides is 3. The first-order chi connectivity index (χ1) is 14.8. The molecule has 0 atom stereocenters. The number of imidazole rings is 1. The Kier molecular flexibility index (Phi) is 5.20. The van der Waals surface area contributed by atoms with Gasteiger partial charge in [0.1, 0.15) is 17.3 Å². The van der Waals surface area contributed by atoms with E-state index in [2.05, 4.69) is 26.9 Å². The molecule has 1 aromatic heterocycles. The predicted molar refractivity (Wildman–Crippen MR) is 105 cm³/mol. The highest BCUT2D eigenvalue weighted by atomic mass is 19.4. The first-order valence-corrected chi connectivity index (χ1v) is 8.86. The number of hydrogen-bond donors (Lipinski definition) is 3. The van der Waals surface area contributed by atoms with Crippen LogP contribution in [-0.2, 0) is 6.18 Å². The van der Waals surface area contributed by atoms with E-state index < -0.39 is 29.3 Å². The minimum atomic E-state index is -4.66. The van der Waals surface area contributed by atoms with Gasteiger partial charge in [0.15, 0.2) is 6.33 Å². The van der Waals surface area contributed by atoms with Crippen LogP contribution in [0.15, 0.2) is 60.7 Å². The molecule has 0 bridgehead atoms. The minimum Gasteiger partial charge on any atom is -0.457 e. The summed E-state index contributed by atoms with van der Waals surface area (Å²) in [7, 11) is 0. The number of aromatic nitrogens is 2. The number of carbonyl (C=O) groups excluding carboxylic acids is 1. The third-order valence-electron chi connectivity index (χ3n) is 4.23. The number of hydrogen-bond acceptors (Lipinski definition) is 3. The van der Waals surface area contributed by atoms with Gasteiger partial charge in [0.2, 0.25) is 0 Å². The van der Waals surface area contributed by atoms with Crippen LogP contribution < -0.4 is 15.4 Å². The van der Waals surface area contributed by atoms with E-state index in [9.17, 15) is 22.4 Å². The lowest BCUT2D eigenvalue weighted by molar-refractivity contribution is -0.137. The van der Waals surface area contributed by atoms with Gasteiger partial charge in [0.05, 0.1) is 22.3 Å². The lowest BCUT2D eigenvalue weighted by atomic mass is 10.2. The topological polar surface area (TPSA) is 79.0 Å². The Hall–Kier alpha value is -4.08. The molecule has 1 radical (unpaired) electrons. The number of urea groups is 1. The molecule has 6 nitrogen and oxygen atoms in total. The molecule has 4 aromatic rings. The van der Waals surface area contributed by atoms with Crippen molar-refractivity contribution in [2.24, 2.45) is 0 Å². The molecule has 3 N–H and O–H groups in total. The summed E-state index contributed by atoms with van der Waals surface area (Å²) < 4.78 is 57.8. The number of aromatic amines is 1. The fourth-order valence-corrected chi connectivity index (χ4v) is 2.75. The highest BCUT2D eigenvalue weighted by Gasteiger charge is 2.31. The van der Waals surface area contributed by atoms with Crippen LogP contribution in [0.5, 0.6) is 11.5 Å². The Morgan fingerprint density at radius 1 is 0.968 bits per heavy atom. The number of ether oxygens (including phenoxy) is 1. The van der Waals surface area contributed by atoms with Gasteiger partial charge >= 0.3 is 12.2 Å². The van der Waals surface area contributed by atoms with E-state index >= 15 is 0 Å². The molecule has 31 heavy (non-hydrogen) atoms. The number of nitrogens with one attached hydrogen (secondary N) is 3. The van der Waals surface area contributed by atoms with Crippen LogP contribution in [0.25, 0.3) is 11.0 Å². The van der Waals surface area contributed by atoms with E-state index in [1.54, 1.807) is 30.3 Å². The Morgan fingerprint density at radius 3 is 2.45 bits per heavy atom. The van der Waals surface area contributed by atoms with Crippen molar-refractivity contribution < 1.29 is 27.1 Å². The Labute approximate surface area is 172 Å². The number of nitrogens with zero attached hydrogens (tertiary/aromatic N) is 1. The van der Waals surface area contributed by atoms with Crippen molar-refractivity contribution in [3.05, 3.63) is 78.4 Å². The van der Waals surface area contributed by atoms with E-state index in [-0.39, 0.29) is 0 Å². The predicted octanol–water partition coefficient (Wildman–Crippen LogP) is 5.96. The van der Waals surface area contributed by atoms with Gasteiger partial charge in [-0.2, -0.15) is 13.2 Å². The number of rotatable bonds is 4. The number of carbonyl (C=O) groups is 1. The fraction of sp³-hybridized carbons (Fsp3) is 0.0476. The second-order valence-electron chi connectivity index (χ2n) is 6.43. The zero-order valence-electron chi connectivity index (χ0n) is 15.5. The number of halogens is 4. The molecule has 157 valence electrons. The molecule has 0 saturated carbocycles. The van der Waals surface area contributed by atoms with E-state index in [1.165, 1.54) is 12.1 Å². The molecule has 0 aliphatic carbocycles. The van der Waals surface area contributed by atoms with Gasteiger partial charge in [0.25, 0.3) is 0 Å². The van der Waals surface area contributed by atoms with E-state index in [0.717, 1.165) is 5.52 Å². The number of anilines is 2. The highest BCUT2D eigenvalue weighted by Crippen LogP contribution is 2.32. The summed E-state index contributed by atoms with van der Waals surface area (Å²) in [5.74, 6) is 0.0404. The van der Waals surface area contributed by atoms with E-state index in [0.29, 0.717) is 40.9 Å². The quantitative estimate of drug-likeness (QED) is 0.351. The molecule has 10 heteroatoms. The maximum absolute atomic E-state index is 13.8. The van der Waals surface area contributed by atoms with Crippen LogP contribution in [-0.4, -0.2) is 16.0 Å². The minimum absolute atomic E-state index is 0.328. The molecule has 0 fully saturated rings. The van der Waals surface area contributed by atoms with E-state index in [4.69, 9.17) is 4.74 Å². The summed E-state index contributed by atoms with van der Waals surface area (Å²) in [6, 6.07) is 12.4. The van der Waals surface area contributed by atoms with Crippen LogP contribution in [0.1, 0.15) is 5.56 Å². The smallest absolute Gasteiger partial charge is 0.416 e. The largest absolute Gasteiger partial charge is 0.457 e. The van der Waals surface area contributed by atoms with Gasteiger partial charge in [-0.05, 0) is 54.6 Å².